The van der Waals surface area contributed by atoms with Crippen LogP contribution in [0.4, 0.5) is 13.2 Å². The molecule has 122 valence electrons. The van der Waals surface area contributed by atoms with Gasteiger partial charge in [0.1, 0.15) is 17.1 Å². The minimum atomic E-state index is -4.95. The third-order valence-electron chi connectivity index (χ3n) is 2.61. The Morgan fingerprint density at radius 1 is 1.05 bits per heavy atom. The molecule has 0 atom stereocenters. The second-order valence-electron chi connectivity index (χ2n) is 4.05. The van der Waals surface area contributed by atoms with E-state index in [4.69, 9.17) is 9.47 Å². The van der Waals surface area contributed by atoms with Crippen molar-refractivity contribution in [2.24, 2.45) is 0 Å². The molecule has 2 N–H and O–H groups in total. The SMILES string of the molecule is COc1cccc(OC)c1C(=O)NCCNC(=O)C(F)(F)F. The van der Waals surface area contributed by atoms with E-state index in [1.54, 1.807) is 23.5 Å². The summed E-state index contributed by atoms with van der Waals surface area (Å²) in [7, 11) is 2.74. The van der Waals surface area contributed by atoms with Crippen molar-refractivity contribution in [1.82, 2.24) is 10.6 Å². The van der Waals surface area contributed by atoms with E-state index >= 15 is 0 Å². The maximum absolute atomic E-state index is 12.0. The highest BCUT2D eigenvalue weighted by atomic mass is 19.4. The van der Waals surface area contributed by atoms with E-state index in [2.05, 4.69) is 5.32 Å². The summed E-state index contributed by atoms with van der Waals surface area (Å²) in [4.78, 5) is 22.6. The minimum Gasteiger partial charge on any atom is -0.496 e. The van der Waals surface area contributed by atoms with Crippen molar-refractivity contribution in [3.63, 3.8) is 0 Å². The largest absolute Gasteiger partial charge is 0.496 e. The maximum atomic E-state index is 12.0. The van der Waals surface area contributed by atoms with Gasteiger partial charge in [0.2, 0.25) is 0 Å². The first kappa shape index (κ1) is 17.6. The minimum absolute atomic E-state index is 0.120. The van der Waals surface area contributed by atoms with Crippen molar-refractivity contribution in [2.75, 3.05) is 27.3 Å². The Morgan fingerprint density at radius 2 is 1.55 bits per heavy atom. The van der Waals surface area contributed by atoms with E-state index in [-0.39, 0.29) is 30.2 Å². The monoisotopic (exact) mass is 320 g/mol. The standard InChI is InChI=1S/C13H15F3N2O4/c1-21-8-4-3-5-9(22-2)10(8)11(19)17-6-7-18-12(20)13(14,15)16/h3-5H,6-7H2,1-2H3,(H,17,19)(H,18,20). The first-order valence-electron chi connectivity index (χ1n) is 6.15. The van der Waals surface area contributed by atoms with Crippen LogP contribution in [0.2, 0.25) is 0 Å². The zero-order chi connectivity index (χ0) is 16.8. The van der Waals surface area contributed by atoms with Gasteiger partial charge in [-0.15, -0.1) is 0 Å². The van der Waals surface area contributed by atoms with Crippen LogP contribution in [0.5, 0.6) is 11.5 Å². The van der Waals surface area contributed by atoms with E-state index in [0.29, 0.717) is 0 Å². The van der Waals surface area contributed by atoms with Gasteiger partial charge in [0.15, 0.2) is 0 Å². The second kappa shape index (κ2) is 7.53. The summed E-state index contributed by atoms with van der Waals surface area (Å²) in [5.74, 6) is -2.13. The van der Waals surface area contributed by atoms with Gasteiger partial charge in [-0.1, -0.05) is 6.07 Å². The number of benzene rings is 1. The fourth-order valence-corrected chi connectivity index (χ4v) is 1.62. The number of hydrogen-bond acceptors (Lipinski definition) is 4. The second-order valence-corrected chi connectivity index (χ2v) is 4.05. The Labute approximate surface area is 124 Å². The van der Waals surface area contributed by atoms with Crippen LogP contribution in [0.15, 0.2) is 18.2 Å². The van der Waals surface area contributed by atoms with Gasteiger partial charge in [-0.3, -0.25) is 9.59 Å². The van der Waals surface area contributed by atoms with Crippen LogP contribution in [0.1, 0.15) is 10.4 Å². The molecule has 0 aliphatic carbocycles. The molecular weight excluding hydrogens is 305 g/mol. The van der Waals surface area contributed by atoms with E-state index in [1.165, 1.54) is 14.2 Å². The molecule has 6 nitrogen and oxygen atoms in total. The highest BCUT2D eigenvalue weighted by Gasteiger charge is 2.38. The van der Waals surface area contributed by atoms with Gasteiger partial charge in [-0.25, -0.2) is 0 Å². The first-order chi connectivity index (χ1) is 10.3. The molecule has 1 aromatic rings. The van der Waals surface area contributed by atoms with Crippen LogP contribution in [-0.2, 0) is 4.79 Å². The number of hydrogen-bond donors (Lipinski definition) is 2. The van der Waals surface area contributed by atoms with Crippen LogP contribution in [-0.4, -0.2) is 45.3 Å². The molecule has 0 saturated heterocycles. The Morgan fingerprint density at radius 3 is 2.00 bits per heavy atom. The van der Waals surface area contributed by atoms with Gasteiger partial charge >= 0.3 is 12.1 Å². The zero-order valence-corrected chi connectivity index (χ0v) is 11.9. The van der Waals surface area contributed by atoms with Crippen molar-refractivity contribution < 1.29 is 32.2 Å². The zero-order valence-electron chi connectivity index (χ0n) is 11.9. The predicted molar refractivity (Wildman–Crippen MR) is 70.9 cm³/mol. The number of nitrogens with one attached hydrogen (secondary N) is 2. The number of ether oxygens (including phenoxy) is 2. The molecule has 0 saturated carbocycles. The van der Waals surface area contributed by atoms with Crippen molar-refractivity contribution in [2.45, 2.75) is 6.18 Å². The number of rotatable bonds is 6. The maximum Gasteiger partial charge on any atom is 0.471 e. The number of carbonyl (C=O) groups is 2. The lowest BCUT2D eigenvalue weighted by Crippen LogP contribution is -2.41. The van der Waals surface area contributed by atoms with Crippen LogP contribution >= 0.6 is 0 Å². The van der Waals surface area contributed by atoms with Gasteiger partial charge in [0.25, 0.3) is 5.91 Å². The summed E-state index contributed by atoms with van der Waals surface area (Å²) in [5, 5.41) is 4.02. The molecule has 1 aromatic carbocycles. The quantitative estimate of drug-likeness (QED) is 0.770. The lowest BCUT2D eigenvalue weighted by Gasteiger charge is -2.13. The number of amides is 2. The number of halogens is 3. The van der Waals surface area contributed by atoms with Gasteiger partial charge in [-0.2, -0.15) is 13.2 Å². The smallest absolute Gasteiger partial charge is 0.471 e. The predicted octanol–water partition coefficient (Wildman–Crippen LogP) is 1.11. The number of carbonyl (C=O) groups excluding carboxylic acids is 2. The molecule has 0 radical (unpaired) electrons. The van der Waals surface area contributed by atoms with Crippen LogP contribution in [0.3, 0.4) is 0 Å². The Kier molecular flexibility index (Phi) is 6.02. The molecule has 22 heavy (non-hydrogen) atoms. The number of alkyl halides is 3. The van der Waals surface area contributed by atoms with Gasteiger partial charge in [0, 0.05) is 13.1 Å². The molecular formula is C13H15F3N2O4. The Hall–Kier alpha value is -2.45. The average Bonchev–Trinajstić information content (AvgIpc) is 2.49. The van der Waals surface area contributed by atoms with E-state index in [1.807, 2.05) is 0 Å². The lowest BCUT2D eigenvalue weighted by atomic mass is 10.1. The van der Waals surface area contributed by atoms with Crippen molar-refractivity contribution in [1.29, 1.82) is 0 Å². The van der Waals surface area contributed by atoms with Crippen molar-refractivity contribution in [3.05, 3.63) is 23.8 Å². The Balaban J connectivity index is 2.62. The summed E-state index contributed by atoms with van der Waals surface area (Å²) >= 11 is 0. The molecule has 0 fully saturated rings. The molecule has 1 rings (SSSR count). The molecule has 0 heterocycles. The summed E-state index contributed by atoms with van der Waals surface area (Å²) in [5.41, 5.74) is 0.120. The molecule has 0 unspecified atom stereocenters. The molecule has 0 aromatic heterocycles. The van der Waals surface area contributed by atoms with Crippen molar-refractivity contribution in [3.8, 4) is 11.5 Å². The average molecular weight is 320 g/mol. The molecule has 0 bridgehead atoms. The van der Waals surface area contributed by atoms with Gasteiger partial charge in [-0.05, 0) is 12.1 Å². The fraction of sp³-hybridized carbons (Fsp3) is 0.385. The lowest BCUT2D eigenvalue weighted by molar-refractivity contribution is -0.173. The molecule has 0 spiro atoms. The Bertz CT molecular complexity index is 524. The normalized spacial score (nSPS) is 10.8. The van der Waals surface area contributed by atoms with Gasteiger partial charge in [0.05, 0.1) is 14.2 Å². The van der Waals surface area contributed by atoms with Crippen molar-refractivity contribution >= 4 is 11.8 Å². The summed E-state index contributed by atoms with van der Waals surface area (Å²) in [6, 6.07) is 4.71. The highest BCUT2D eigenvalue weighted by molar-refractivity contribution is 5.99. The van der Waals surface area contributed by atoms with Crippen LogP contribution in [0, 0.1) is 0 Å². The summed E-state index contributed by atoms with van der Waals surface area (Å²) in [6.45, 7) is -0.538. The molecule has 0 aliphatic heterocycles. The third-order valence-corrected chi connectivity index (χ3v) is 2.61. The highest BCUT2D eigenvalue weighted by Crippen LogP contribution is 2.27. The third kappa shape index (κ3) is 4.54. The van der Waals surface area contributed by atoms with E-state index in [0.717, 1.165) is 0 Å². The fourth-order valence-electron chi connectivity index (χ4n) is 1.62. The van der Waals surface area contributed by atoms with E-state index < -0.39 is 18.0 Å². The van der Waals surface area contributed by atoms with Crippen LogP contribution < -0.4 is 20.1 Å². The first-order valence-corrected chi connectivity index (χ1v) is 6.15. The molecule has 0 aliphatic rings. The topological polar surface area (TPSA) is 76.7 Å². The van der Waals surface area contributed by atoms with Crippen LogP contribution in [0.25, 0.3) is 0 Å². The molecule has 2 amide bonds. The van der Waals surface area contributed by atoms with E-state index in [9.17, 15) is 22.8 Å². The van der Waals surface area contributed by atoms with Gasteiger partial charge < -0.3 is 20.1 Å². The summed E-state index contributed by atoms with van der Waals surface area (Å²) in [6.07, 6.45) is -4.95. The molecule has 9 heteroatoms. The number of methoxy groups -OCH3 is 2. The summed E-state index contributed by atoms with van der Waals surface area (Å²) < 4.78 is 46.0.